The molecule has 0 unspecified atom stereocenters. The summed E-state index contributed by atoms with van der Waals surface area (Å²) in [5.74, 6) is 0.612. The van der Waals surface area contributed by atoms with Crippen LogP contribution in [0, 0.1) is 0 Å². The third-order valence-electron chi connectivity index (χ3n) is 2.88. The smallest absolute Gasteiger partial charge is 0.233 e. The highest BCUT2D eigenvalue weighted by Gasteiger charge is 2.15. The van der Waals surface area contributed by atoms with Gasteiger partial charge in [-0.05, 0) is 19.0 Å². The number of hydrogen-bond acceptors (Lipinski definition) is 5. The van der Waals surface area contributed by atoms with Crippen LogP contribution in [-0.4, -0.2) is 36.1 Å². The van der Waals surface area contributed by atoms with Gasteiger partial charge in [0.2, 0.25) is 5.88 Å². The first-order valence-corrected chi connectivity index (χ1v) is 6.66. The Morgan fingerprint density at radius 3 is 2.83 bits per heavy atom. The quantitative estimate of drug-likeness (QED) is 0.777. The second-order valence-corrected chi connectivity index (χ2v) is 4.47. The molecule has 0 spiro atoms. The van der Waals surface area contributed by atoms with Crippen LogP contribution < -0.4 is 10.1 Å². The van der Waals surface area contributed by atoms with E-state index < -0.39 is 0 Å². The number of ether oxygens (including phenoxy) is 2. The van der Waals surface area contributed by atoms with Gasteiger partial charge in [-0.1, -0.05) is 6.92 Å². The molecule has 0 aliphatic carbocycles. The van der Waals surface area contributed by atoms with Crippen LogP contribution in [0.2, 0.25) is 0 Å². The summed E-state index contributed by atoms with van der Waals surface area (Å²) in [7, 11) is 0. The van der Waals surface area contributed by atoms with Gasteiger partial charge in [-0.25, -0.2) is 0 Å². The van der Waals surface area contributed by atoms with Crippen molar-refractivity contribution in [3.63, 3.8) is 0 Å². The Kier molecular flexibility index (Phi) is 5.36. The third-order valence-corrected chi connectivity index (χ3v) is 2.88. The molecule has 1 aromatic heterocycles. The Hall–Kier alpha value is -1.20. The molecule has 0 amide bonds. The van der Waals surface area contributed by atoms with Crippen molar-refractivity contribution in [3.05, 3.63) is 17.8 Å². The number of aromatic nitrogens is 2. The predicted octanol–water partition coefficient (Wildman–Crippen LogP) is 1.53. The Morgan fingerprint density at radius 1 is 1.33 bits per heavy atom. The largest absolute Gasteiger partial charge is 0.473 e. The summed E-state index contributed by atoms with van der Waals surface area (Å²) < 4.78 is 11.0. The molecule has 0 radical (unpaired) electrons. The lowest BCUT2D eigenvalue weighted by molar-refractivity contribution is 0.0233. The molecule has 1 aromatic rings. The first-order valence-electron chi connectivity index (χ1n) is 6.66. The van der Waals surface area contributed by atoms with E-state index in [1.807, 2.05) is 12.1 Å². The zero-order valence-corrected chi connectivity index (χ0v) is 10.9. The van der Waals surface area contributed by atoms with Crippen LogP contribution in [0.5, 0.6) is 5.88 Å². The first kappa shape index (κ1) is 13.2. The van der Waals surface area contributed by atoms with Crippen molar-refractivity contribution in [2.45, 2.75) is 38.8 Å². The van der Waals surface area contributed by atoms with Crippen molar-refractivity contribution in [3.8, 4) is 5.88 Å². The lowest BCUT2D eigenvalue weighted by atomic mass is 10.2. The van der Waals surface area contributed by atoms with Crippen LogP contribution in [0.15, 0.2) is 12.1 Å². The maximum Gasteiger partial charge on any atom is 0.233 e. The normalized spacial score (nSPS) is 16.7. The van der Waals surface area contributed by atoms with Crippen molar-refractivity contribution in [2.24, 2.45) is 0 Å². The van der Waals surface area contributed by atoms with Crippen LogP contribution in [0.4, 0.5) is 0 Å². The molecule has 5 heteroatoms. The Labute approximate surface area is 108 Å². The Bertz CT molecular complexity index is 337. The summed E-state index contributed by atoms with van der Waals surface area (Å²) in [6.07, 6.45) is 3.21. The van der Waals surface area contributed by atoms with E-state index >= 15 is 0 Å². The van der Waals surface area contributed by atoms with Crippen molar-refractivity contribution in [1.29, 1.82) is 0 Å². The minimum absolute atomic E-state index is 0.220. The van der Waals surface area contributed by atoms with Gasteiger partial charge in [-0.3, -0.25) is 0 Å². The molecule has 5 nitrogen and oxygen atoms in total. The van der Waals surface area contributed by atoms with Crippen molar-refractivity contribution in [1.82, 2.24) is 15.5 Å². The minimum atomic E-state index is 0.220. The van der Waals surface area contributed by atoms with Crippen LogP contribution in [0.25, 0.3) is 0 Å². The molecule has 18 heavy (non-hydrogen) atoms. The molecule has 1 aliphatic heterocycles. The van der Waals surface area contributed by atoms with Gasteiger partial charge in [-0.2, -0.15) is 5.10 Å². The number of hydrogen-bond donors (Lipinski definition) is 1. The molecule has 1 fully saturated rings. The number of nitrogens with zero attached hydrogens (tertiary/aromatic N) is 2. The van der Waals surface area contributed by atoms with E-state index in [1.165, 1.54) is 0 Å². The van der Waals surface area contributed by atoms with Gasteiger partial charge < -0.3 is 14.8 Å². The monoisotopic (exact) mass is 251 g/mol. The molecule has 1 saturated heterocycles. The van der Waals surface area contributed by atoms with E-state index in [0.29, 0.717) is 5.88 Å². The van der Waals surface area contributed by atoms with E-state index in [4.69, 9.17) is 9.47 Å². The fourth-order valence-electron chi connectivity index (χ4n) is 1.86. The maximum atomic E-state index is 5.76. The summed E-state index contributed by atoms with van der Waals surface area (Å²) in [5.41, 5.74) is 0.947. The Morgan fingerprint density at radius 2 is 2.17 bits per heavy atom. The van der Waals surface area contributed by atoms with Crippen LogP contribution >= 0.6 is 0 Å². The molecule has 0 saturated carbocycles. The van der Waals surface area contributed by atoms with Crippen molar-refractivity contribution < 1.29 is 9.47 Å². The minimum Gasteiger partial charge on any atom is -0.473 e. The van der Waals surface area contributed by atoms with Crippen molar-refractivity contribution >= 4 is 0 Å². The molecule has 2 rings (SSSR count). The molecule has 0 aromatic carbocycles. The second kappa shape index (κ2) is 7.28. The van der Waals surface area contributed by atoms with E-state index in [2.05, 4.69) is 22.4 Å². The first-order chi connectivity index (χ1) is 8.88. The highest BCUT2D eigenvalue weighted by Crippen LogP contribution is 2.14. The van der Waals surface area contributed by atoms with Gasteiger partial charge in [-0.15, -0.1) is 5.10 Å². The summed E-state index contributed by atoms with van der Waals surface area (Å²) in [4.78, 5) is 0. The highest BCUT2D eigenvalue weighted by molar-refractivity contribution is 5.11. The topological polar surface area (TPSA) is 56.3 Å². The fourth-order valence-corrected chi connectivity index (χ4v) is 1.86. The molecule has 2 heterocycles. The van der Waals surface area contributed by atoms with E-state index in [-0.39, 0.29) is 6.10 Å². The number of rotatable bonds is 6. The van der Waals surface area contributed by atoms with E-state index in [9.17, 15) is 0 Å². The molecule has 1 N–H and O–H groups in total. The zero-order valence-electron chi connectivity index (χ0n) is 10.9. The SMILES string of the molecule is CCCNCc1ccc(OC2CCOCC2)nn1. The third kappa shape index (κ3) is 4.23. The van der Waals surface area contributed by atoms with Gasteiger partial charge >= 0.3 is 0 Å². The Balaban J connectivity index is 1.79. The molecule has 1 aliphatic rings. The van der Waals surface area contributed by atoms with Crippen LogP contribution in [0.1, 0.15) is 31.9 Å². The average molecular weight is 251 g/mol. The van der Waals surface area contributed by atoms with E-state index in [1.54, 1.807) is 0 Å². The summed E-state index contributed by atoms with van der Waals surface area (Å²) in [6.45, 7) is 5.46. The van der Waals surface area contributed by atoms with Gasteiger partial charge in [0.15, 0.2) is 0 Å². The van der Waals surface area contributed by atoms with Gasteiger partial charge in [0.1, 0.15) is 6.10 Å². The van der Waals surface area contributed by atoms with Crippen molar-refractivity contribution in [2.75, 3.05) is 19.8 Å². The summed E-state index contributed by atoms with van der Waals surface area (Å²) in [6, 6.07) is 3.86. The van der Waals surface area contributed by atoms with Crippen LogP contribution in [-0.2, 0) is 11.3 Å². The molecular weight excluding hydrogens is 230 g/mol. The van der Waals surface area contributed by atoms with E-state index in [0.717, 1.165) is 51.3 Å². The standard InChI is InChI=1S/C13H21N3O2/c1-2-7-14-10-11-3-4-13(16-15-11)18-12-5-8-17-9-6-12/h3-4,12,14H,2,5-10H2,1H3. The summed E-state index contributed by atoms with van der Waals surface area (Å²) in [5, 5.41) is 11.5. The lowest BCUT2D eigenvalue weighted by Gasteiger charge is -2.22. The van der Waals surface area contributed by atoms with Gasteiger partial charge in [0.05, 0.1) is 18.9 Å². The molecule has 0 atom stereocenters. The van der Waals surface area contributed by atoms with Gasteiger partial charge in [0.25, 0.3) is 0 Å². The highest BCUT2D eigenvalue weighted by atomic mass is 16.5. The molecule has 100 valence electrons. The summed E-state index contributed by atoms with van der Waals surface area (Å²) >= 11 is 0. The second-order valence-electron chi connectivity index (χ2n) is 4.47. The van der Waals surface area contributed by atoms with Crippen LogP contribution in [0.3, 0.4) is 0 Å². The lowest BCUT2D eigenvalue weighted by Crippen LogP contribution is -2.26. The fraction of sp³-hybridized carbons (Fsp3) is 0.692. The molecular formula is C13H21N3O2. The van der Waals surface area contributed by atoms with Gasteiger partial charge in [0, 0.05) is 25.5 Å². The molecule has 0 bridgehead atoms. The zero-order chi connectivity index (χ0) is 12.6. The predicted molar refractivity (Wildman–Crippen MR) is 68.5 cm³/mol. The maximum absolute atomic E-state index is 5.76. The number of nitrogens with one attached hydrogen (secondary N) is 1. The average Bonchev–Trinajstić information content (AvgIpc) is 2.42.